The van der Waals surface area contributed by atoms with E-state index in [1.807, 2.05) is 0 Å². The van der Waals surface area contributed by atoms with Gasteiger partial charge in [0, 0.05) is 38.0 Å². The number of rotatable bonds is 4. The number of ether oxygens (including phenoxy) is 2. The van der Waals surface area contributed by atoms with Gasteiger partial charge in [-0.3, -0.25) is 4.79 Å². The summed E-state index contributed by atoms with van der Waals surface area (Å²) in [6, 6.07) is 0. The average Bonchev–Trinajstić information content (AvgIpc) is 3.49. The number of carbonyl (C=O) groups excluding carboxylic acids is 3. The molecule has 4 rings (SSSR count). The maximum absolute atomic E-state index is 13.4. The van der Waals surface area contributed by atoms with E-state index in [1.54, 1.807) is 37.6 Å². The van der Waals surface area contributed by atoms with Gasteiger partial charge in [-0.2, -0.15) is 0 Å². The molecule has 11 heteroatoms. The number of fused-ring (bicyclic) bond motifs is 1. The summed E-state index contributed by atoms with van der Waals surface area (Å²) in [5.41, 5.74) is -0.317. The molecular formula is C22H27N5O6. The van der Waals surface area contributed by atoms with E-state index in [-0.39, 0.29) is 23.7 Å². The highest BCUT2D eigenvalue weighted by Gasteiger charge is 2.53. The van der Waals surface area contributed by atoms with Crippen LogP contribution in [-0.2, 0) is 28.0 Å². The molecule has 0 aromatic carbocycles. The van der Waals surface area contributed by atoms with E-state index in [4.69, 9.17) is 9.26 Å². The minimum Gasteiger partial charge on any atom is -0.465 e. The van der Waals surface area contributed by atoms with Crippen LogP contribution in [0.1, 0.15) is 71.6 Å². The molecule has 1 aliphatic carbocycles. The number of amides is 2. The molecule has 2 aromatic rings. The second-order valence-corrected chi connectivity index (χ2v) is 9.27. The van der Waals surface area contributed by atoms with Crippen LogP contribution in [0.15, 0.2) is 16.9 Å². The molecule has 0 bridgehead atoms. The van der Waals surface area contributed by atoms with Gasteiger partial charge in [-0.15, -0.1) is 0 Å². The first-order chi connectivity index (χ1) is 15.6. The van der Waals surface area contributed by atoms with Gasteiger partial charge in [-0.25, -0.2) is 19.6 Å². The van der Waals surface area contributed by atoms with E-state index in [0.717, 1.165) is 0 Å². The number of nitrogens with zero attached hydrogens (tertiary/aromatic N) is 5. The molecule has 0 spiro atoms. The van der Waals surface area contributed by atoms with Crippen molar-refractivity contribution in [1.29, 1.82) is 0 Å². The van der Waals surface area contributed by atoms with Crippen LogP contribution in [0, 0.1) is 0 Å². The molecule has 2 aliphatic rings. The van der Waals surface area contributed by atoms with Crippen LogP contribution in [0.25, 0.3) is 0 Å². The number of hydrogen-bond donors (Lipinski definition) is 0. The van der Waals surface area contributed by atoms with Crippen molar-refractivity contribution < 1.29 is 28.4 Å². The van der Waals surface area contributed by atoms with Gasteiger partial charge >= 0.3 is 12.1 Å². The molecule has 0 radical (unpaired) electrons. The zero-order valence-corrected chi connectivity index (χ0v) is 19.4. The summed E-state index contributed by atoms with van der Waals surface area (Å²) in [7, 11) is 2.95. The summed E-state index contributed by atoms with van der Waals surface area (Å²) in [6.45, 7) is 6.01. The highest BCUT2D eigenvalue weighted by molar-refractivity contribution is 5.94. The Labute approximate surface area is 191 Å². The lowest BCUT2D eigenvalue weighted by atomic mass is 10.0. The molecule has 1 aliphatic heterocycles. The van der Waals surface area contributed by atoms with E-state index in [9.17, 15) is 14.4 Å². The van der Waals surface area contributed by atoms with Crippen molar-refractivity contribution in [3.05, 3.63) is 40.8 Å². The molecule has 0 unspecified atom stereocenters. The molecule has 0 saturated heterocycles. The van der Waals surface area contributed by atoms with Crippen LogP contribution < -0.4 is 0 Å². The minimum absolute atomic E-state index is 0.165. The second-order valence-electron chi connectivity index (χ2n) is 9.27. The maximum atomic E-state index is 13.4. The van der Waals surface area contributed by atoms with Crippen LogP contribution in [0.2, 0.25) is 0 Å². The van der Waals surface area contributed by atoms with E-state index in [2.05, 4.69) is 19.9 Å². The maximum Gasteiger partial charge on any atom is 0.410 e. The number of carbonyl (C=O) groups is 3. The molecule has 176 valence electrons. The van der Waals surface area contributed by atoms with Gasteiger partial charge in [0.15, 0.2) is 11.5 Å². The summed E-state index contributed by atoms with van der Waals surface area (Å²) in [4.78, 5) is 49.3. The second kappa shape index (κ2) is 8.13. The van der Waals surface area contributed by atoms with E-state index in [0.29, 0.717) is 43.0 Å². The molecule has 11 nitrogen and oxygen atoms in total. The van der Waals surface area contributed by atoms with Crippen molar-refractivity contribution in [2.75, 3.05) is 20.7 Å². The lowest BCUT2D eigenvalue weighted by Crippen LogP contribution is -2.41. The summed E-state index contributed by atoms with van der Waals surface area (Å²) < 4.78 is 15.6. The Kier molecular flexibility index (Phi) is 5.59. The van der Waals surface area contributed by atoms with E-state index >= 15 is 0 Å². The van der Waals surface area contributed by atoms with Gasteiger partial charge in [-0.05, 0) is 33.6 Å². The molecule has 2 amide bonds. The molecule has 3 heterocycles. The predicted molar refractivity (Wildman–Crippen MR) is 113 cm³/mol. The smallest absolute Gasteiger partial charge is 0.410 e. The number of esters is 1. The largest absolute Gasteiger partial charge is 0.465 e. The van der Waals surface area contributed by atoms with Crippen LogP contribution >= 0.6 is 0 Å². The molecule has 2 aromatic heterocycles. The molecule has 0 N–H and O–H groups in total. The van der Waals surface area contributed by atoms with Gasteiger partial charge in [0.2, 0.25) is 0 Å². The fourth-order valence-electron chi connectivity index (χ4n) is 3.83. The SMILES string of the molecule is COC(=O)c1cnc(C2(N(C)C(=O)c3noc4c3CN(C(=O)OC(C)(C)C)CC4)CC2)nc1. The predicted octanol–water partition coefficient (Wildman–Crippen LogP) is 2.31. The Hall–Kier alpha value is -3.50. The summed E-state index contributed by atoms with van der Waals surface area (Å²) in [6.07, 6.45) is 4.14. The zero-order valence-electron chi connectivity index (χ0n) is 19.4. The normalized spacial score (nSPS) is 16.6. The Morgan fingerprint density at radius 2 is 1.85 bits per heavy atom. The third-order valence-electron chi connectivity index (χ3n) is 5.84. The first kappa shape index (κ1) is 22.7. The van der Waals surface area contributed by atoms with Gasteiger partial charge in [-0.1, -0.05) is 5.16 Å². The zero-order chi connectivity index (χ0) is 24.0. The standard InChI is InChI=1S/C22H27N5O6/c1-21(2,3)32-20(30)27-9-6-15-14(12-27)16(25-33-15)17(28)26(4)22(7-8-22)19-23-10-13(11-24-19)18(29)31-5/h10-11H,6-9,12H2,1-5H3. The minimum atomic E-state index is -0.683. The highest BCUT2D eigenvalue weighted by Crippen LogP contribution is 2.49. The topological polar surface area (TPSA) is 128 Å². The van der Waals surface area contributed by atoms with E-state index < -0.39 is 23.2 Å². The fourth-order valence-corrected chi connectivity index (χ4v) is 3.83. The first-order valence-corrected chi connectivity index (χ1v) is 10.7. The Bertz CT molecular complexity index is 1080. The van der Waals surface area contributed by atoms with Crippen LogP contribution in [0.3, 0.4) is 0 Å². The molecule has 1 fully saturated rings. The van der Waals surface area contributed by atoms with Gasteiger partial charge in [0.25, 0.3) is 5.91 Å². The third-order valence-corrected chi connectivity index (χ3v) is 5.84. The van der Waals surface area contributed by atoms with Crippen molar-refractivity contribution in [3.63, 3.8) is 0 Å². The lowest BCUT2D eigenvalue weighted by Gasteiger charge is -2.30. The highest BCUT2D eigenvalue weighted by atomic mass is 16.6. The number of hydrogen-bond acceptors (Lipinski definition) is 9. The van der Waals surface area contributed by atoms with Crippen molar-refractivity contribution in [3.8, 4) is 0 Å². The average molecular weight is 457 g/mol. The van der Waals surface area contributed by atoms with Crippen molar-refractivity contribution in [2.45, 2.75) is 57.7 Å². The summed E-state index contributed by atoms with van der Waals surface area (Å²) in [5.74, 6) is 0.164. The van der Waals surface area contributed by atoms with E-state index in [1.165, 1.54) is 19.5 Å². The Morgan fingerprint density at radius 1 is 1.18 bits per heavy atom. The Balaban J connectivity index is 1.53. The molecule has 1 saturated carbocycles. The monoisotopic (exact) mass is 457 g/mol. The van der Waals surface area contributed by atoms with Crippen molar-refractivity contribution in [1.82, 2.24) is 24.9 Å². The molecule has 33 heavy (non-hydrogen) atoms. The number of methoxy groups -OCH3 is 1. The molecular weight excluding hydrogens is 430 g/mol. The van der Waals surface area contributed by atoms with Crippen LogP contribution in [0.5, 0.6) is 0 Å². The van der Waals surface area contributed by atoms with Gasteiger partial charge in [0.1, 0.15) is 16.9 Å². The van der Waals surface area contributed by atoms with Gasteiger partial charge < -0.3 is 23.8 Å². The quantitative estimate of drug-likeness (QED) is 0.635. The third kappa shape index (κ3) is 4.27. The van der Waals surface area contributed by atoms with Crippen LogP contribution in [0.4, 0.5) is 4.79 Å². The summed E-state index contributed by atoms with van der Waals surface area (Å²) in [5, 5.41) is 4.02. The lowest BCUT2D eigenvalue weighted by molar-refractivity contribution is 0.0217. The van der Waals surface area contributed by atoms with Crippen molar-refractivity contribution in [2.24, 2.45) is 0 Å². The Morgan fingerprint density at radius 3 is 2.42 bits per heavy atom. The fraction of sp³-hybridized carbons (Fsp3) is 0.545. The van der Waals surface area contributed by atoms with Crippen molar-refractivity contribution >= 4 is 18.0 Å². The van der Waals surface area contributed by atoms with Gasteiger partial charge in [0.05, 0.1) is 19.2 Å². The molecule has 0 atom stereocenters. The summed E-state index contributed by atoms with van der Waals surface area (Å²) >= 11 is 0. The van der Waals surface area contributed by atoms with Crippen LogP contribution in [-0.4, -0.2) is 69.2 Å². The first-order valence-electron chi connectivity index (χ1n) is 10.7. The number of aromatic nitrogens is 3.